The van der Waals surface area contributed by atoms with E-state index in [0.29, 0.717) is 0 Å². The number of rotatable bonds is 6. The summed E-state index contributed by atoms with van der Waals surface area (Å²) in [6, 6.07) is 0. The van der Waals surface area contributed by atoms with E-state index in [1.807, 2.05) is 0 Å². The Morgan fingerprint density at radius 3 is 2.67 bits per heavy atom. The minimum Gasteiger partial charge on any atom is -0.394 e. The molecule has 9 heteroatoms. The summed E-state index contributed by atoms with van der Waals surface area (Å²) in [5.41, 5.74) is -0.0421. The van der Waals surface area contributed by atoms with Gasteiger partial charge in [-0.25, -0.2) is 4.98 Å². The van der Waals surface area contributed by atoms with Crippen LogP contribution >= 0.6 is 0 Å². The van der Waals surface area contributed by atoms with E-state index in [1.54, 1.807) is 7.05 Å². The van der Waals surface area contributed by atoms with Gasteiger partial charge in [0.1, 0.15) is 5.69 Å². The first kappa shape index (κ1) is 14.1. The normalized spacial score (nSPS) is 12.0. The van der Waals surface area contributed by atoms with Crippen LogP contribution < -0.4 is 10.6 Å². The second-order valence-corrected chi connectivity index (χ2v) is 3.55. The largest absolute Gasteiger partial charge is 0.394 e. The molecule has 0 fully saturated rings. The standard InChI is InChI=1S/C9H15N5O4/c1-5-7(14(17)18)8(11-3-6(16)4-15)13-9(10-2)12-5/h6,15-16H,3-4H2,1-2H3,(H2,10,11,12,13). The maximum absolute atomic E-state index is 10.9. The van der Waals surface area contributed by atoms with Gasteiger partial charge in [-0.15, -0.1) is 0 Å². The van der Waals surface area contributed by atoms with Crippen molar-refractivity contribution in [1.29, 1.82) is 0 Å². The van der Waals surface area contributed by atoms with Gasteiger partial charge in [0, 0.05) is 13.6 Å². The molecule has 18 heavy (non-hydrogen) atoms. The van der Waals surface area contributed by atoms with Crippen molar-refractivity contribution < 1.29 is 15.1 Å². The zero-order valence-electron chi connectivity index (χ0n) is 10.0. The second kappa shape index (κ2) is 6.07. The molecule has 100 valence electrons. The average molecular weight is 257 g/mol. The van der Waals surface area contributed by atoms with Crippen LogP contribution in [0.25, 0.3) is 0 Å². The average Bonchev–Trinajstić information content (AvgIpc) is 2.34. The lowest BCUT2D eigenvalue weighted by Crippen LogP contribution is -2.24. The number of nitrogens with one attached hydrogen (secondary N) is 2. The van der Waals surface area contributed by atoms with Crippen LogP contribution in [0.1, 0.15) is 5.69 Å². The molecule has 0 amide bonds. The van der Waals surface area contributed by atoms with Crippen molar-refractivity contribution in [3.8, 4) is 0 Å². The summed E-state index contributed by atoms with van der Waals surface area (Å²) in [5.74, 6) is 0.239. The fourth-order valence-electron chi connectivity index (χ4n) is 1.30. The Kier molecular flexibility index (Phi) is 4.75. The summed E-state index contributed by atoms with van der Waals surface area (Å²) in [6.07, 6.45) is -1.02. The van der Waals surface area contributed by atoms with E-state index < -0.39 is 17.6 Å². The Morgan fingerprint density at radius 2 is 2.17 bits per heavy atom. The third-order valence-corrected chi connectivity index (χ3v) is 2.18. The van der Waals surface area contributed by atoms with Crippen LogP contribution in [0.4, 0.5) is 17.5 Å². The summed E-state index contributed by atoms with van der Waals surface area (Å²) in [4.78, 5) is 18.1. The molecule has 1 rings (SSSR count). The number of nitrogens with zero attached hydrogens (tertiary/aromatic N) is 3. The number of nitro groups is 1. The van der Waals surface area contributed by atoms with Gasteiger partial charge in [-0.3, -0.25) is 10.1 Å². The fraction of sp³-hybridized carbons (Fsp3) is 0.556. The second-order valence-electron chi connectivity index (χ2n) is 3.55. The number of aliphatic hydroxyl groups is 2. The highest BCUT2D eigenvalue weighted by molar-refractivity contribution is 5.60. The van der Waals surface area contributed by atoms with E-state index in [9.17, 15) is 15.2 Å². The van der Waals surface area contributed by atoms with Gasteiger partial charge < -0.3 is 20.8 Å². The molecule has 0 bridgehead atoms. The van der Waals surface area contributed by atoms with Crippen molar-refractivity contribution in [2.24, 2.45) is 0 Å². The minimum absolute atomic E-state index is 0.00403. The SMILES string of the molecule is CNc1nc(C)c([N+](=O)[O-])c(NCC(O)CO)n1. The van der Waals surface area contributed by atoms with Crippen LogP contribution in [0.5, 0.6) is 0 Å². The maximum atomic E-state index is 10.9. The first-order chi connectivity index (χ1) is 8.49. The molecule has 0 saturated heterocycles. The molecular formula is C9H15N5O4. The van der Waals surface area contributed by atoms with Gasteiger partial charge in [0.2, 0.25) is 11.8 Å². The lowest BCUT2D eigenvalue weighted by Gasteiger charge is -2.11. The van der Waals surface area contributed by atoms with Gasteiger partial charge >= 0.3 is 5.69 Å². The van der Waals surface area contributed by atoms with Crippen molar-refractivity contribution in [2.75, 3.05) is 30.8 Å². The van der Waals surface area contributed by atoms with Crippen molar-refractivity contribution in [3.05, 3.63) is 15.8 Å². The van der Waals surface area contributed by atoms with Crippen LogP contribution in [0.2, 0.25) is 0 Å². The topological polar surface area (TPSA) is 133 Å². The number of hydrogen-bond donors (Lipinski definition) is 4. The highest BCUT2D eigenvalue weighted by atomic mass is 16.6. The number of anilines is 2. The van der Waals surface area contributed by atoms with Crippen molar-refractivity contribution in [2.45, 2.75) is 13.0 Å². The zero-order valence-corrected chi connectivity index (χ0v) is 10.0. The zero-order chi connectivity index (χ0) is 13.7. The van der Waals surface area contributed by atoms with E-state index in [4.69, 9.17) is 5.11 Å². The molecule has 0 aliphatic heterocycles. The van der Waals surface area contributed by atoms with Crippen molar-refractivity contribution >= 4 is 17.5 Å². The molecule has 0 saturated carbocycles. The monoisotopic (exact) mass is 257 g/mol. The van der Waals surface area contributed by atoms with Crippen LogP contribution in [0.3, 0.4) is 0 Å². The molecule has 1 aromatic heterocycles. The van der Waals surface area contributed by atoms with Gasteiger partial charge in [0.25, 0.3) is 0 Å². The highest BCUT2D eigenvalue weighted by Crippen LogP contribution is 2.26. The molecular weight excluding hydrogens is 242 g/mol. The molecule has 0 radical (unpaired) electrons. The lowest BCUT2D eigenvalue weighted by molar-refractivity contribution is -0.385. The van der Waals surface area contributed by atoms with Gasteiger partial charge in [-0.1, -0.05) is 0 Å². The Hall–Kier alpha value is -2.00. The molecule has 1 aromatic rings. The molecule has 1 heterocycles. The lowest BCUT2D eigenvalue weighted by atomic mass is 10.3. The molecule has 9 nitrogen and oxygen atoms in total. The Labute approximate surface area is 103 Å². The van der Waals surface area contributed by atoms with Crippen LogP contribution in [0.15, 0.2) is 0 Å². The predicted molar refractivity (Wildman–Crippen MR) is 64.6 cm³/mol. The number of aromatic nitrogens is 2. The molecule has 1 atom stereocenters. The highest BCUT2D eigenvalue weighted by Gasteiger charge is 2.22. The number of aryl methyl sites for hydroxylation is 1. The number of hydrogen-bond acceptors (Lipinski definition) is 8. The Balaban J connectivity index is 3.05. The summed E-state index contributed by atoms with van der Waals surface area (Å²) < 4.78 is 0. The van der Waals surface area contributed by atoms with E-state index >= 15 is 0 Å². The van der Waals surface area contributed by atoms with Gasteiger partial charge in [-0.2, -0.15) is 4.98 Å². The predicted octanol–water partition coefficient (Wildman–Crippen LogP) is -0.500. The van der Waals surface area contributed by atoms with Crippen LogP contribution in [0, 0.1) is 17.0 Å². The maximum Gasteiger partial charge on any atom is 0.332 e. The third kappa shape index (κ3) is 3.25. The van der Waals surface area contributed by atoms with Crippen LogP contribution in [-0.4, -0.2) is 51.4 Å². The first-order valence-corrected chi connectivity index (χ1v) is 5.23. The minimum atomic E-state index is -1.02. The molecule has 0 aliphatic carbocycles. The van der Waals surface area contributed by atoms with E-state index in [1.165, 1.54) is 6.92 Å². The van der Waals surface area contributed by atoms with E-state index in [-0.39, 0.29) is 29.7 Å². The molecule has 1 unspecified atom stereocenters. The van der Waals surface area contributed by atoms with E-state index in [0.717, 1.165) is 0 Å². The Morgan fingerprint density at radius 1 is 1.50 bits per heavy atom. The van der Waals surface area contributed by atoms with Crippen molar-refractivity contribution in [1.82, 2.24) is 9.97 Å². The summed E-state index contributed by atoms with van der Waals surface area (Å²) in [7, 11) is 1.59. The molecule has 4 N–H and O–H groups in total. The first-order valence-electron chi connectivity index (χ1n) is 5.23. The molecule has 0 spiro atoms. The van der Waals surface area contributed by atoms with E-state index in [2.05, 4.69) is 20.6 Å². The summed E-state index contributed by atoms with van der Waals surface area (Å²) in [6.45, 7) is 1.01. The van der Waals surface area contributed by atoms with Crippen molar-refractivity contribution in [3.63, 3.8) is 0 Å². The fourth-order valence-corrected chi connectivity index (χ4v) is 1.30. The summed E-state index contributed by atoms with van der Waals surface area (Å²) >= 11 is 0. The smallest absolute Gasteiger partial charge is 0.332 e. The summed E-state index contributed by atoms with van der Waals surface area (Å²) in [5, 5.41) is 34.1. The molecule has 0 aliphatic rings. The quantitative estimate of drug-likeness (QED) is 0.396. The molecule has 0 aromatic carbocycles. The van der Waals surface area contributed by atoms with Gasteiger partial charge in [0.15, 0.2) is 0 Å². The third-order valence-electron chi connectivity index (χ3n) is 2.18. The van der Waals surface area contributed by atoms with Gasteiger partial charge in [0.05, 0.1) is 17.6 Å². The van der Waals surface area contributed by atoms with Gasteiger partial charge in [-0.05, 0) is 6.92 Å². The Bertz CT molecular complexity index is 439. The number of aliphatic hydroxyl groups excluding tert-OH is 2. The van der Waals surface area contributed by atoms with Crippen LogP contribution in [-0.2, 0) is 0 Å².